The van der Waals surface area contributed by atoms with E-state index >= 15 is 0 Å². The number of hydrogen-bond donors (Lipinski definition) is 1. The summed E-state index contributed by atoms with van der Waals surface area (Å²) in [6, 6.07) is 16.3. The Morgan fingerprint density at radius 1 is 0.952 bits per heavy atom. The summed E-state index contributed by atoms with van der Waals surface area (Å²) in [7, 11) is 0. The van der Waals surface area contributed by atoms with Gasteiger partial charge >= 0.3 is 0 Å². The highest BCUT2D eigenvalue weighted by atomic mass is 35.5. The number of benzene rings is 2. The predicted molar refractivity (Wildman–Crippen MR) is 86.2 cm³/mol. The first kappa shape index (κ1) is 12.6. The van der Waals surface area contributed by atoms with E-state index in [1.54, 1.807) is 6.07 Å². The molecule has 1 fully saturated rings. The van der Waals surface area contributed by atoms with Gasteiger partial charge in [0.05, 0.1) is 0 Å². The van der Waals surface area contributed by atoms with E-state index < -0.39 is 0 Å². The normalized spacial score (nSPS) is 14.3. The second-order valence-electron chi connectivity index (χ2n) is 5.40. The molecular weight excluding hydrogens is 282 g/mol. The minimum atomic E-state index is 0.487. The molecule has 1 aliphatic carbocycles. The molecule has 1 aromatic heterocycles. The maximum atomic E-state index is 6.09. The molecule has 0 unspecified atom stereocenters. The fourth-order valence-corrected chi connectivity index (χ4v) is 2.63. The Hall–Kier alpha value is -2.13. The van der Waals surface area contributed by atoms with E-state index in [-0.39, 0.29) is 0 Å². The Balaban J connectivity index is 1.67. The summed E-state index contributed by atoms with van der Waals surface area (Å²) >= 11 is 6.09. The number of hydrogen-bond acceptors (Lipinski definition) is 3. The third-order valence-corrected chi connectivity index (χ3v) is 3.87. The van der Waals surface area contributed by atoms with Crippen LogP contribution >= 0.6 is 11.6 Å². The Morgan fingerprint density at radius 3 is 2.57 bits per heavy atom. The van der Waals surface area contributed by atoms with Gasteiger partial charge in [-0.2, -0.15) is 0 Å². The van der Waals surface area contributed by atoms with Crippen molar-refractivity contribution in [2.45, 2.75) is 18.8 Å². The van der Waals surface area contributed by atoms with Crippen LogP contribution in [0.15, 0.2) is 48.5 Å². The zero-order valence-electron chi connectivity index (χ0n) is 11.4. The second-order valence-corrected chi connectivity index (χ2v) is 5.78. The van der Waals surface area contributed by atoms with E-state index in [0.29, 0.717) is 11.1 Å². The smallest absolute Gasteiger partial charge is 0.135 e. The van der Waals surface area contributed by atoms with Gasteiger partial charge in [0.1, 0.15) is 16.8 Å². The zero-order chi connectivity index (χ0) is 14.2. The fraction of sp³-hybridized carbons (Fsp3) is 0.176. The van der Waals surface area contributed by atoms with Crippen molar-refractivity contribution in [3.05, 3.63) is 59.5 Å². The molecule has 0 saturated heterocycles. The SMILES string of the molecule is Clc1cc(Nc2ccc3ccccc3c2)nc(C2CC2)n1. The molecule has 0 atom stereocenters. The molecule has 104 valence electrons. The van der Waals surface area contributed by atoms with Crippen molar-refractivity contribution in [1.82, 2.24) is 9.97 Å². The van der Waals surface area contributed by atoms with Crippen LogP contribution in [0, 0.1) is 0 Å². The molecule has 1 aliphatic rings. The minimum Gasteiger partial charge on any atom is -0.340 e. The molecule has 4 rings (SSSR count). The highest BCUT2D eigenvalue weighted by Gasteiger charge is 2.27. The van der Waals surface area contributed by atoms with Gasteiger partial charge in [0, 0.05) is 17.7 Å². The van der Waals surface area contributed by atoms with Crippen molar-refractivity contribution in [3.8, 4) is 0 Å². The molecule has 4 heteroatoms. The van der Waals surface area contributed by atoms with Crippen LogP contribution in [-0.2, 0) is 0 Å². The molecule has 3 nitrogen and oxygen atoms in total. The molecule has 0 radical (unpaired) electrons. The minimum absolute atomic E-state index is 0.487. The van der Waals surface area contributed by atoms with Crippen LogP contribution in [0.3, 0.4) is 0 Å². The molecule has 3 aromatic rings. The van der Waals surface area contributed by atoms with Gasteiger partial charge in [0.25, 0.3) is 0 Å². The molecule has 1 saturated carbocycles. The molecule has 0 amide bonds. The highest BCUT2D eigenvalue weighted by Crippen LogP contribution is 2.39. The topological polar surface area (TPSA) is 37.8 Å². The van der Waals surface area contributed by atoms with Crippen LogP contribution < -0.4 is 5.32 Å². The fourth-order valence-electron chi connectivity index (χ4n) is 2.44. The van der Waals surface area contributed by atoms with Crippen molar-refractivity contribution in [3.63, 3.8) is 0 Å². The maximum Gasteiger partial charge on any atom is 0.135 e. The summed E-state index contributed by atoms with van der Waals surface area (Å²) in [6.45, 7) is 0. The number of nitrogens with zero attached hydrogens (tertiary/aromatic N) is 2. The lowest BCUT2D eigenvalue weighted by Gasteiger charge is -2.08. The lowest BCUT2D eigenvalue weighted by molar-refractivity contribution is 0.931. The number of nitrogens with one attached hydrogen (secondary N) is 1. The van der Waals surface area contributed by atoms with Gasteiger partial charge < -0.3 is 5.32 Å². The molecular formula is C17H14ClN3. The summed E-state index contributed by atoms with van der Waals surface area (Å²) in [5.74, 6) is 2.10. The number of rotatable bonds is 3. The van der Waals surface area contributed by atoms with E-state index in [0.717, 1.165) is 30.2 Å². The summed E-state index contributed by atoms with van der Waals surface area (Å²) < 4.78 is 0. The lowest BCUT2D eigenvalue weighted by Crippen LogP contribution is -1.99. The highest BCUT2D eigenvalue weighted by molar-refractivity contribution is 6.29. The first-order valence-electron chi connectivity index (χ1n) is 7.08. The van der Waals surface area contributed by atoms with Crippen LogP contribution in [0.25, 0.3) is 10.8 Å². The van der Waals surface area contributed by atoms with Crippen LogP contribution in [0.1, 0.15) is 24.6 Å². The molecule has 1 heterocycles. The summed E-state index contributed by atoms with van der Waals surface area (Å²) in [4.78, 5) is 8.87. The molecule has 1 N–H and O–H groups in total. The first-order chi connectivity index (χ1) is 10.3. The average Bonchev–Trinajstić information content (AvgIpc) is 3.31. The Bertz CT molecular complexity index is 812. The van der Waals surface area contributed by atoms with Crippen LogP contribution in [0.2, 0.25) is 5.15 Å². The van der Waals surface area contributed by atoms with Crippen molar-refractivity contribution in [2.75, 3.05) is 5.32 Å². The van der Waals surface area contributed by atoms with Gasteiger partial charge in [0.15, 0.2) is 0 Å². The number of fused-ring (bicyclic) bond motifs is 1. The van der Waals surface area contributed by atoms with Crippen molar-refractivity contribution in [1.29, 1.82) is 0 Å². The molecule has 0 aliphatic heterocycles. The van der Waals surface area contributed by atoms with Crippen molar-refractivity contribution >= 4 is 33.9 Å². The summed E-state index contributed by atoms with van der Waals surface area (Å²) in [5.41, 5.74) is 1.00. The lowest BCUT2D eigenvalue weighted by atomic mass is 10.1. The van der Waals surface area contributed by atoms with E-state index in [9.17, 15) is 0 Å². The third-order valence-electron chi connectivity index (χ3n) is 3.68. The van der Waals surface area contributed by atoms with Gasteiger partial charge in [0.2, 0.25) is 0 Å². The summed E-state index contributed by atoms with van der Waals surface area (Å²) in [5, 5.41) is 6.24. The number of aromatic nitrogens is 2. The Kier molecular flexibility index (Phi) is 3.00. The molecule has 0 bridgehead atoms. The van der Waals surface area contributed by atoms with E-state index in [1.807, 2.05) is 12.1 Å². The van der Waals surface area contributed by atoms with Gasteiger partial charge in [-0.15, -0.1) is 0 Å². The predicted octanol–water partition coefficient (Wildman–Crippen LogP) is 4.90. The number of halogens is 1. The van der Waals surface area contributed by atoms with Gasteiger partial charge in [-0.05, 0) is 35.7 Å². The Labute approximate surface area is 128 Å². The van der Waals surface area contributed by atoms with E-state index in [2.05, 4.69) is 45.6 Å². The molecule has 0 spiro atoms. The summed E-state index contributed by atoms with van der Waals surface area (Å²) in [6.07, 6.45) is 2.32. The standard InChI is InChI=1S/C17H14ClN3/c18-15-10-16(21-17(20-15)12-5-6-12)19-14-8-7-11-3-1-2-4-13(11)9-14/h1-4,7-10,12H,5-6H2,(H,19,20,21). The molecule has 21 heavy (non-hydrogen) atoms. The van der Waals surface area contributed by atoms with Gasteiger partial charge in [-0.3, -0.25) is 0 Å². The average molecular weight is 296 g/mol. The second kappa shape index (κ2) is 5.01. The van der Waals surface area contributed by atoms with E-state index in [1.165, 1.54) is 10.8 Å². The number of anilines is 2. The van der Waals surface area contributed by atoms with Crippen LogP contribution in [0.5, 0.6) is 0 Å². The quantitative estimate of drug-likeness (QED) is 0.698. The van der Waals surface area contributed by atoms with Crippen LogP contribution in [-0.4, -0.2) is 9.97 Å². The zero-order valence-corrected chi connectivity index (χ0v) is 12.1. The third kappa shape index (κ3) is 2.69. The monoisotopic (exact) mass is 295 g/mol. The van der Waals surface area contributed by atoms with Crippen molar-refractivity contribution in [2.24, 2.45) is 0 Å². The molecule has 2 aromatic carbocycles. The van der Waals surface area contributed by atoms with E-state index in [4.69, 9.17) is 11.6 Å². The van der Waals surface area contributed by atoms with Crippen LogP contribution in [0.4, 0.5) is 11.5 Å². The Morgan fingerprint density at radius 2 is 1.76 bits per heavy atom. The van der Waals surface area contributed by atoms with Crippen molar-refractivity contribution < 1.29 is 0 Å². The van der Waals surface area contributed by atoms with Gasteiger partial charge in [-0.25, -0.2) is 9.97 Å². The maximum absolute atomic E-state index is 6.09. The largest absolute Gasteiger partial charge is 0.340 e. The van der Waals surface area contributed by atoms with Gasteiger partial charge in [-0.1, -0.05) is 41.9 Å². The first-order valence-corrected chi connectivity index (χ1v) is 7.46.